The third-order valence-corrected chi connectivity index (χ3v) is 3.73. The Labute approximate surface area is 137 Å². The molecule has 0 aliphatic heterocycles. The molecular formula is C18H24N4O. The molecule has 23 heavy (non-hydrogen) atoms. The van der Waals surface area contributed by atoms with Crippen LogP contribution >= 0.6 is 0 Å². The fourth-order valence-corrected chi connectivity index (χ4v) is 2.17. The average molecular weight is 312 g/mol. The summed E-state index contributed by atoms with van der Waals surface area (Å²) in [5.74, 6) is 0.839. The summed E-state index contributed by atoms with van der Waals surface area (Å²) < 4.78 is 0. The highest BCUT2D eigenvalue weighted by Crippen LogP contribution is 2.25. The molecule has 5 heteroatoms. The molecule has 2 rings (SSSR count). The number of aromatic nitrogens is 2. The molecule has 0 bridgehead atoms. The van der Waals surface area contributed by atoms with Crippen LogP contribution in [-0.2, 0) is 0 Å². The molecule has 1 amide bonds. The second-order valence-corrected chi connectivity index (χ2v) is 5.95. The quantitative estimate of drug-likeness (QED) is 0.849. The fraction of sp³-hybridized carbons (Fsp3) is 0.389. The minimum absolute atomic E-state index is 0.125. The van der Waals surface area contributed by atoms with Gasteiger partial charge in [-0.3, -0.25) is 4.79 Å². The third-order valence-electron chi connectivity index (χ3n) is 3.73. The fourth-order valence-electron chi connectivity index (χ4n) is 2.17. The first-order valence-corrected chi connectivity index (χ1v) is 8.01. The number of carbonyl (C=O) groups excluding carboxylic acids is 1. The van der Waals surface area contributed by atoms with Gasteiger partial charge in [0.15, 0.2) is 11.5 Å². The average Bonchev–Trinajstić information content (AvgIpc) is 2.55. The highest BCUT2D eigenvalue weighted by atomic mass is 16.2. The molecule has 1 aromatic carbocycles. The zero-order valence-corrected chi connectivity index (χ0v) is 14.1. The minimum atomic E-state index is -0.194. The molecule has 0 spiro atoms. The van der Waals surface area contributed by atoms with Crippen molar-refractivity contribution < 1.29 is 4.79 Å². The van der Waals surface area contributed by atoms with Crippen LogP contribution in [0.3, 0.4) is 0 Å². The van der Waals surface area contributed by atoms with E-state index in [0.29, 0.717) is 17.4 Å². The number of para-hydroxylation sites is 1. The molecule has 122 valence electrons. The number of nitrogens with one attached hydrogen (secondary N) is 2. The van der Waals surface area contributed by atoms with E-state index in [1.54, 1.807) is 12.1 Å². The number of anilines is 2. The Morgan fingerprint density at radius 2 is 1.83 bits per heavy atom. The molecule has 1 aromatic heterocycles. The summed E-state index contributed by atoms with van der Waals surface area (Å²) in [5.41, 5.74) is 2.55. The van der Waals surface area contributed by atoms with Crippen LogP contribution in [0, 0.1) is 0 Å². The molecule has 0 aliphatic rings. The maximum atomic E-state index is 12.0. The van der Waals surface area contributed by atoms with Gasteiger partial charge in [-0.1, -0.05) is 39.0 Å². The predicted octanol–water partition coefficient (Wildman–Crippen LogP) is 3.87. The summed E-state index contributed by atoms with van der Waals surface area (Å²) in [6.07, 6.45) is 0.880. The topological polar surface area (TPSA) is 66.9 Å². The number of amides is 1. The first-order chi connectivity index (χ1) is 11.0. The maximum Gasteiger partial charge on any atom is 0.272 e. The molecule has 0 saturated carbocycles. The van der Waals surface area contributed by atoms with Gasteiger partial charge in [-0.15, -0.1) is 10.2 Å². The van der Waals surface area contributed by atoms with E-state index in [4.69, 9.17) is 0 Å². The Bertz CT molecular complexity index is 652. The Kier molecular flexibility index (Phi) is 5.68. The van der Waals surface area contributed by atoms with Crippen LogP contribution in [-0.4, -0.2) is 22.1 Å². The molecule has 2 aromatic rings. The van der Waals surface area contributed by atoms with E-state index in [9.17, 15) is 4.79 Å². The lowest BCUT2D eigenvalue weighted by atomic mass is 10.0. The summed E-state index contributed by atoms with van der Waals surface area (Å²) in [5, 5.41) is 14.3. The number of hydrogen-bond donors (Lipinski definition) is 2. The molecular weight excluding hydrogens is 288 g/mol. The smallest absolute Gasteiger partial charge is 0.272 e. The third kappa shape index (κ3) is 4.52. The lowest BCUT2D eigenvalue weighted by Gasteiger charge is -2.14. The van der Waals surface area contributed by atoms with Gasteiger partial charge in [-0.2, -0.15) is 0 Å². The van der Waals surface area contributed by atoms with Gasteiger partial charge >= 0.3 is 0 Å². The van der Waals surface area contributed by atoms with Crippen LogP contribution in [0.4, 0.5) is 11.5 Å². The van der Waals surface area contributed by atoms with E-state index in [-0.39, 0.29) is 11.9 Å². The molecule has 1 unspecified atom stereocenters. The Morgan fingerprint density at radius 1 is 1.09 bits per heavy atom. The van der Waals surface area contributed by atoms with Crippen molar-refractivity contribution in [2.45, 2.75) is 46.1 Å². The molecule has 0 saturated heterocycles. The van der Waals surface area contributed by atoms with Gasteiger partial charge in [0, 0.05) is 11.7 Å². The van der Waals surface area contributed by atoms with Crippen molar-refractivity contribution in [2.75, 3.05) is 5.32 Å². The van der Waals surface area contributed by atoms with Crippen LogP contribution in [0.2, 0.25) is 0 Å². The van der Waals surface area contributed by atoms with E-state index in [1.807, 2.05) is 32.0 Å². The van der Waals surface area contributed by atoms with Crippen LogP contribution in [0.1, 0.15) is 56.1 Å². The van der Waals surface area contributed by atoms with Crippen molar-refractivity contribution in [3.63, 3.8) is 0 Å². The first-order valence-electron chi connectivity index (χ1n) is 8.01. The number of rotatable bonds is 6. The van der Waals surface area contributed by atoms with Gasteiger partial charge in [-0.25, -0.2) is 0 Å². The second kappa shape index (κ2) is 7.72. The highest BCUT2D eigenvalue weighted by Gasteiger charge is 2.11. The van der Waals surface area contributed by atoms with Gasteiger partial charge in [0.2, 0.25) is 0 Å². The minimum Gasteiger partial charge on any atom is -0.348 e. The molecule has 2 N–H and O–H groups in total. The monoisotopic (exact) mass is 312 g/mol. The summed E-state index contributed by atoms with van der Waals surface area (Å²) in [4.78, 5) is 12.0. The number of carbonyl (C=O) groups is 1. The van der Waals surface area contributed by atoms with Gasteiger partial charge in [0.25, 0.3) is 5.91 Å². The standard InChI is InChI=1S/C18H24N4O/c1-5-13(4)19-18(23)16-10-11-17(22-21-16)20-15-9-7-6-8-14(15)12(2)3/h6-13H,5H2,1-4H3,(H,19,23)(H,20,22). The number of hydrogen-bond acceptors (Lipinski definition) is 4. The van der Waals surface area contributed by atoms with Gasteiger partial charge < -0.3 is 10.6 Å². The molecule has 0 fully saturated rings. The van der Waals surface area contributed by atoms with E-state index in [2.05, 4.69) is 40.7 Å². The zero-order valence-electron chi connectivity index (χ0n) is 14.1. The number of nitrogens with zero attached hydrogens (tertiary/aromatic N) is 2. The lowest BCUT2D eigenvalue weighted by molar-refractivity contribution is 0.0933. The second-order valence-electron chi connectivity index (χ2n) is 5.95. The molecule has 0 aliphatic carbocycles. The van der Waals surface area contributed by atoms with Gasteiger partial charge in [0.05, 0.1) is 0 Å². The molecule has 1 heterocycles. The molecule has 5 nitrogen and oxygen atoms in total. The van der Waals surface area contributed by atoms with Gasteiger partial charge in [-0.05, 0) is 43.0 Å². The van der Waals surface area contributed by atoms with Crippen molar-refractivity contribution in [1.82, 2.24) is 15.5 Å². The molecule has 1 atom stereocenters. The zero-order chi connectivity index (χ0) is 16.8. The van der Waals surface area contributed by atoms with E-state index in [0.717, 1.165) is 12.1 Å². The normalized spacial score (nSPS) is 12.0. The Morgan fingerprint density at radius 3 is 2.43 bits per heavy atom. The van der Waals surface area contributed by atoms with Crippen LogP contribution in [0.5, 0.6) is 0 Å². The van der Waals surface area contributed by atoms with Crippen molar-refractivity contribution in [2.24, 2.45) is 0 Å². The van der Waals surface area contributed by atoms with E-state index < -0.39 is 0 Å². The summed E-state index contributed by atoms with van der Waals surface area (Å²) >= 11 is 0. The van der Waals surface area contributed by atoms with Gasteiger partial charge in [0.1, 0.15) is 0 Å². The summed E-state index contributed by atoms with van der Waals surface area (Å²) in [6.45, 7) is 8.28. The van der Waals surface area contributed by atoms with Crippen LogP contribution in [0.15, 0.2) is 36.4 Å². The Balaban J connectivity index is 2.10. The largest absolute Gasteiger partial charge is 0.348 e. The van der Waals surface area contributed by atoms with Crippen molar-refractivity contribution in [3.05, 3.63) is 47.7 Å². The van der Waals surface area contributed by atoms with E-state index in [1.165, 1.54) is 5.56 Å². The van der Waals surface area contributed by atoms with Crippen molar-refractivity contribution in [3.8, 4) is 0 Å². The lowest BCUT2D eigenvalue weighted by Crippen LogP contribution is -2.32. The maximum absolute atomic E-state index is 12.0. The van der Waals surface area contributed by atoms with Crippen molar-refractivity contribution >= 4 is 17.4 Å². The highest BCUT2D eigenvalue weighted by molar-refractivity contribution is 5.92. The first kappa shape index (κ1) is 16.9. The number of benzene rings is 1. The summed E-state index contributed by atoms with van der Waals surface area (Å²) in [7, 11) is 0. The van der Waals surface area contributed by atoms with Crippen LogP contribution in [0.25, 0.3) is 0 Å². The molecule has 0 radical (unpaired) electrons. The summed E-state index contributed by atoms with van der Waals surface area (Å²) in [6, 6.07) is 11.7. The predicted molar refractivity (Wildman–Crippen MR) is 93.1 cm³/mol. The Hall–Kier alpha value is -2.43. The van der Waals surface area contributed by atoms with E-state index >= 15 is 0 Å². The van der Waals surface area contributed by atoms with Crippen LogP contribution < -0.4 is 10.6 Å². The SMILES string of the molecule is CCC(C)NC(=O)c1ccc(Nc2ccccc2C(C)C)nn1. The van der Waals surface area contributed by atoms with Crippen molar-refractivity contribution in [1.29, 1.82) is 0 Å².